The Hall–Kier alpha value is -1.21. The molecule has 130 valence electrons. The Kier molecular flexibility index (Phi) is 5.62. The van der Waals surface area contributed by atoms with Crippen LogP contribution in [-0.4, -0.2) is 37.5 Å². The average molecular weight is 344 g/mol. The summed E-state index contributed by atoms with van der Waals surface area (Å²) < 4.78 is 39.2. The molecule has 0 aromatic rings. The van der Waals surface area contributed by atoms with Crippen molar-refractivity contribution in [1.82, 2.24) is 9.62 Å². The third-order valence-corrected chi connectivity index (χ3v) is 6.38. The summed E-state index contributed by atoms with van der Waals surface area (Å²) in [6.07, 6.45) is 2.95. The van der Waals surface area contributed by atoms with Crippen LogP contribution < -0.4 is 5.32 Å². The van der Waals surface area contributed by atoms with Crippen LogP contribution >= 0.6 is 0 Å². The second kappa shape index (κ2) is 7.13. The van der Waals surface area contributed by atoms with Crippen molar-refractivity contribution in [1.29, 1.82) is 0 Å². The van der Waals surface area contributed by atoms with Gasteiger partial charge in [0, 0.05) is 25.2 Å². The maximum atomic E-state index is 13.3. The molecule has 0 radical (unpaired) electrons. The first-order valence-corrected chi connectivity index (χ1v) is 9.64. The lowest BCUT2D eigenvalue weighted by molar-refractivity contribution is -0.123. The highest BCUT2D eigenvalue weighted by Gasteiger charge is 2.35. The predicted molar refractivity (Wildman–Crippen MR) is 87.6 cm³/mol. The molecule has 0 unspecified atom stereocenters. The largest absolute Gasteiger partial charge is 0.329 e. The maximum absolute atomic E-state index is 13.3. The van der Waals surface area contributed by atoms with E-state index in [4.69, 9.17) is 0 Å². The number of sulfonamides is 1. The molecule has 1 aliphatic carbocycles. The molecule has 0 aromatic carbocycles. The van der Waals surface area contributed by atoms with Gasteiger partial charge in [-0.3, -0.25) is 4.79 Å². The van der Waals surface area contributed by atoms with E-state index in [-0.39, 0.29) is 35.9 Å². The number of carbonyl (C=O) groups excluding carboxylic acids is 1. The average Bonchev–Trinajstić information content (AvgIpc) is 2.92. The summed E-state index contributed by atoms with van der Waals surface area (Å²) in [6, 6.07) is 0. The van der Waals surface area contributed by atoms with Gasteiger partial charge in [0.15, 0.2) is 0 Å². The van der Waals surface area contributed by atoms with Crippen LogP contribution in [0.1, 0.15) is 40.0 Å². The predicted octanol–water partition coefficient (Wildman–Crippen LogP) is 2.33. The number of hydrogen-bond donors (Lipinski definition) is 1. The molecule has 1 atom stereocenters. The van der Waals surface area contributed by atoms with E-state index in [9.17, 15) is 17.6 Å². The quantitative estimate of drug-likeness (QED) is 0.832. The van der Waals surface area contributed by atoms with Crippen LogP contribution in [0.3, 0.4) is 0 Å². The van der Waals surface area contributed by atoms with Crippen LogP contribution in [0.2, 0.25) is 0 Å². The lowest BCUT2D eigenvalue weighted by atomic mass is 10.0. The van der Waals surface area contributed by atoms with Crippen molar-refractivity contribution in [3.63, 3.8) is 0 Å². The molecule has 1 fully saturated rings. The highest BCUT2D eigenvalue weighted by molar-refractivity contribution is 7.89. The van der Waals surface area contributed by atoms with E-state index in [1.807, 2.05) is 13.8 Å². The second-order valence-corrected chi connectivity index (χ2v) is 8.78. The summed E-state index contributed by atoms with van der Waals surface area (Å²) in [5, 5.41) is 2.82. The Bertz CT molecular complexity index is 638. The Labute approximate surface area is 137 Å². The minimum absolute atomic E-state index is 0.0601. The van der Waals surface area contributed by atoms with Crippen LogP contribution in [0.25, 0.3) is 0 Å². The number of amides is 1. The van der Waals surface area contributed by atoms with E-state index in [0.717, 1.165) is 0 Å². The van der Waals surface area contributed by atoms with Gasteiger partial charge in [-0.05, 0) is 37.3 Å². The Morgan fingerprint density at radius 3 is 2.74 bits per heavy atom. The number of nitrogens with zero attached hydrogens (tertiary/aromatic N) is 1. The summed E-state index contributed by atoms with van der Waals surface area (Å²) in [7, 11) is -3.29. The van der Waals surface area contributed by atoms with Crippen LogP contribution in [0.15, 0.2) is 23.2 Å². The van der Waals surface area contributed by atoms with Gasteiger partial charge in [-0.2, -0.15) is 0 Å². The highest BCUT2D eigenvalue weighted by Crippen LogP contribution is 2.25. The Balaban J connectivity index is 1.94. The first-order chi connectivity index (χ1) is 10.7. The topological polar surface area (TPSA) is 66.5 Å². The molecule has 0 spiro atoms. The fourth-order valence-electron chi connectivity index (χ4n) is 2.93. The molecule has 2 rings (SSSR count). The van der Waals surface area contributed by atoms with Gasteiger partial charge in [0.25, 0.3) is 0 Å². The first-order valence-electron chi connectivity index (χ1n) is 8.03. The smallest absolute Gasteiger partial charge is 0.228 e. The molecule has 0 bridgehead atoms. The molecule has 1 heterocycles. The number of hydrogen-bond acceptors (Lipinski definition) is 3. The summed E-state index contributed by atoms with van der Waals surface area (Å²) in [5.41, 5.74) is 1.25. The fourth-order valence-corrected chi connectivity index (χ4v) is 4.78. The molecule has 1 saturated heterocycles. The highest BCUT2D eigenvalue weighted by atomic mass is 32.2. The van der Waals surface area contributed by atoms with Gasteiger partial charge in [0.1, 0.15) is 5.83 Å². The second-order valence-electron chi connectivity index (χ2n) is 6.76. The number of rotatable bonds is 5. The van der Waals surface area contributed by atoms with E-state index in [1.165, 1.54) is 4.31 Å². The van der Waals surface area contributed by atoms with E-state index in [0.29, 0.717) is 37.1 Å². The van der Waals surface area contributed by atoms with Gasteiger partial charge in [0.2, 0.25) is 15.9 Å². The zero-order valence-electron chi connectivity index (χ0n) is 13.9. The van der Waals surface area contributed by atoms with Gasteiger partial charge < -0.3 is 5.32 Å². The Morgan fingerprint density at radius 1 is 1.43 bits per heavy atom. The van der Waals surface area contributed by atoms with Crippen molar-refractivity contribution in [2.24, 2.45) is 11.8 Å². The normalized spacial score (nSPS) is 23.3. The SMILES string of the molecule is CC1=C(F)CCC(NC(=O)[C@H]2CCN(S(=O)(=O)CC(C)C)C2)=C1. The molecule has 1 aliphatic heterocycles. The summed E-state index contributed by atoms with van der Waals surface area (Å²) in [4.78, 5) is 12.3. The molecule has 5 nitrogen and oxygen atoms in total. The van der Waals surface area contributed by atoms with Crippen molar-refractivity contribution < 1.29 is 17.6 Å². The van der Waals surface area contributed by atoms with Gasteiger partial charge in [-0.1, -0.05) is 13.8 Å². The number of nitrogens with one attached hydrogen (secondary N) is 1. The maximum Gasteiger partial charge on any atom is 0.228 e. The molecule has 23 heavy (non-hydrogen) atoms. The fraction of sp³-hybridized carbons (Fsp3) is 0.688. The number of allylic oxidation sites excluding steroid dienone is 4. The van der Waals surface area contributed by atoms with Crippen molar-refractivity contribution in [3.8, 4) is 0 Å². The van der Waals surface area contributed by atoms with Crippen molar-refractivity contribution in [3.05, 3.63) is 23.2 Å². The van der Waals surface area contributed by atoms with Crippen molar-refractivity contribution in [2.75, 3.05) is 18.8 Å². The lowest BCUT2D eigenvalue weighted by Gasteiger charge is -2.19. The molecule has 2 aliphatic rings. The molecule has 0 aromatic heterocycles. The van der Waals surface area contributed by atoms with Gasteiger partial charge in [0.05, 0.1) is 11.7 Å². The lowest BCUT2D eigenvalue weighted by Crippen LogP contribution is -2.36. The van der Waals surface area contributed by atoms with Gasteiger partial charge in [-0.25, -0.2) is 17.1 Å². The standard InChI is InChI=1S/C16H25FN2O3S/c1-11(2)10-23(21,22)19-7-6-13(9-19)16(20)18-14-4-5-15(17)12(3)8-14/h8,11,13H,4-7,9-10H2,1-3H3,(H,18,20)/t13-/m0/s1. The first kappa shape index (κ1) is 18.1. The molecule has 1 N–H and O–H groups in total. The number of halogens is 1. The third-order valence-electron chi connectivity index (χ3n) is 4.18. The molecule has 1 amide bonds. The Morgan fingerprint density at radius 2 is 2.13 bits per heavy atom. The van der Waals surface area contributed by atoms with Crippen LogP contribution in [0.5, 0.6) is 0 Å². The molecule has 7 heteroatoms. The summed E-state index contributed by atoms with van der Waals surface area (Å²) in [5.74, 6) is -0.488. The minimum atomic E-state index is -3.29. The van der Waals surface area contributed by atoms with Crippen molar-refractivity contribution in [2.45, 2.75) is 40.0 Å². The van der Waals surface area contributed by atoms with Gasteiger partial charge >= 0.3 is 0 Å². The van der Waals surface area contributed by atoms with Crippen molar-refractivity contribution >= 4 is 15.9 Å². The monoisotopic (exact) mass is 344 g/mol. The van der Waals surface area contributed by atoms with Crippen LogP contribution in [0, 0.1) is 11.8 Å². The zero-order chi connectivity index (χ0) is 17.2. The zero-order valence-corrected chi connectivity index (χ0v) is 14.7. The van der Waals surface area contributed by atoms with E-state index in [1.54, 1.807) is 13.0 Å². The minimum Gasteiger partial charge on any atom is -0.329 e. The summed E-state index contributed by atoms with van der Waals surface area (Å²) >= 11 is 0. The van der Waals surface area contributed by atoms with E-state index >= 15 is 0 Å². The van der Waals surface area contributed by atoms with Crippen LogP contribution in [0.4, 0.5) is 4.39 Å². The molecular formula is C16H25FN2O3S. The summed E-state index contributed by atoms with van der Waals surface area (Å²) in [6.45, 7) is 6.03. The van der Waals surface area contributed by atoms with E-state index < -0.39 is 10.0 Å². The van der Waals surface area contributed by atoms with Gasteiger partial charge in [-0.15, -0.1) is 0 Å². The third kappa shape index (κ3) is 4.64. The molecule has 0 saturated carbocycles. The van der Waals surface area contributed by atoms with E-state index in [2.05, 4.69) is 5.32 Å². The van der Waals surface area contributed by atoms with Crippen LogP contribution in [-0.2, 0) is 14.8 Å². The molecular weight excluding hydrogens is 319 g/mol. The number of carbonyl (C=O) groups is 1.